The Bertz CT molecular complexity index is 159. The normalized spacial score (nSPS) is 39.9. The summed E-state index contributed by atoms with van der Waals surface area (Å²) in [5.41, 5.74) is 0. The largest absolute Gasteiger partial charge is 0.390 e. The molecule has 2 aliphatic rings. The van der Waals surface area contributed by atoms with Gasteiger partial charge in [-0.2, -0.15) is 0 Å². The second kappa shape index (κ2) is 1.95. The molecule has 2 heterocycles. The molecule has 2 aliphatic heterocycles. The Morgan fingerprint density at radius 1 is 1.67 bits per heavy atom. The van der Waals surface area contributed by atoms with Crippen LogP contribution in [-0.4, -0.2) is 23.8 Å². The van der Waals surface area contributed by atoms with E-state index in [0.717, 1.165) is 17.7 Å². The fourth-order valence-corrected chi connectivity index (χ4v) is 1.73. The molecule has 0 aliphatic carbocycles. The van der Waals surface area contributed by atoms with E-state index in [1.54, 1.807) is 0 Å². The van der Waals surface area contributed by atoms with Gasteiger partial charge in [0.2, 0.25) is 0 Å². The first kappa shape index (κ1) is 5.68. The van der Waals surface area contributed by atoms with Crippen LogP contribution in [0.25, 0.3) is 0 Å². The molecule has 0 bridgehead atoms. The number of nitrogens with one attached hydrogen (secondary N) is 1. The summed E-state index contributed by atoms with van der Waals surface area (Å²) in [6.07, 6.45) is 0.291. The van der Waals surface area contributed by atoms with Crippen molar-refractivity contribution < 1.29 is 4.84 Å². The lowest BCUT2D eigenvalue weighted by Gasteiger charge is -2.01. The highest BCUT2D eigenvalue weighted by Crippen LogP contribution is 2.24. The number of nitrogens with zero attached hydrogens (tertiary/aromatic N) is 1. The van der Waals surface area contributed by atoms with Crippen LogP contribution in [0.2, 0.25) is 0 Å². The third kappa shape index (κ3) is 0.773. The van der Waals surface area contributed by atoms with Crippen LogP contribution in [0.3, 0.4) is 0 Å². The Hall–Kier alpha value is -0.0900. The van der Waals surface area contributed by atoms with Crippen LogP contribution in [0.5, 0.6) is 0 Å². The molecule has 0 spiro atoms. The zero-order chi connectivity index (χ0) is 6.27. The molecule has 2 atom stereocenters. The molecule has 1 saturated heterocycles. The van der Waals surface area contributed by atoms with Gasteiger partial charge in [0.15, 0.2) is 0 Å². The van der Waals surface area contributed by atoms with E-state index in [2.05, 4.69) is 26.4 Å². The molecular weight excluding hydrogens is 184 g/mol. The summed E-state index contributed by atoms with van der Waals surface area (Å²) in [4.78, 5) is 5.07. The van der Waals surface area contributed by atoms with Crippen molar-refractivity contribution >= 4 is 20.6 Å². The molecule has 50 valence electrons. The lowest BCUT2D eigenvalue weighted by molar-refractivity contribution is 0.0842. The third-order valence-electron chi connectivity index (χ3n) is 1.74. The molecule has 0 aromatic carbocycles. The van der Waals surface area contributed by atoms with Crippen molar-refractivity contribution in [1.29, 1.82) is 0 Å². The third-order valence-corrected chi connectivity index (χ3v) is 2.47. The number of fused-ring (bicyclic) bond motifs is 1. The van der Waals surface area contributed by atoms with Crippen LogP contribution in [0.1, 0.15) is 0 Å². The maximum atomic E-state index is 5.07. The van der Waals surface area contributed by atoms with Gasteiger partial charge in [-0.25, -0.2) is 0 Å². The van der Waals surface area contributed by atoms with Crippen molar-refractivity contribution in [2.24, 2.45) is 11.1 Å². The monoisotopic (exact) mass is 190 g/mol. The Kier molecular flexibility index (Phi) is 1.23. The van der Waals surface area contributed by atoms with Crippen molar-refractivity contribution in [3.63, 3.8) is 0 Å². The Morgan fingerprint density at radius 3 is 3.33 bits per heavy atom. The first-order valence-electron chi connectivity index (χ1n) is 2.98. The summed E-state index contributed by atoms with van der Waals surface area (Å²) in [5, 5.41) is 7.03. The van der Waals surface area contributed by atoms with Gasteiger partial charge in [0, 0.05) is 13.1 Å². The lowest BCUT2D eigenvalue weighted by atomic mass is 10.1. The van der Waals surface area contributed by atoms with Crippen molar-refractivity contribution in [1.82, 2.24) is 5.32 Å². The van der Waals surface area contributed by atoms with Crippen LogP contribution in [0.15, 0.2) is 5.16 Å². The van der Waals surface area contributed by atoms with Crippen LogP contribution in [-0.2, 0) is 4.84 Å². The van der Waals surface area contributed by atoms with Crippen LogP contribution in [0, 0.1) is 5.92 Å². The summed E-state index contributed by atoms with van der Waals surface area (Å²) >= 11 is 3.33. The van der Waals surface area contributed by atoms with E-state index in [0.29, 0.717) is 12.0 Å². The molecule has 2 rings (SSSR count). The summed E-state index contributed by atoms with van der Waals surface area (Å²) in [5.74, 6) is 0.477. The smallest absolute Gasteiger partial charge is 0.150 e. The van der Waals surface area contributed by atoms with Gasteiger partial charge in [-0.05, 0) is 15.9 Å². The maximum absolute atomic E-state index is 5.07. The summed E-state index contributed by atoms with van der Waals surface area (Å²) in [6.45, 7) is 1.93. The summed E-state index contributed by atoms with van der Waals surface area (Å²) in [7, 11) is 0. The van der Waals surface area contributed by atoms with Gasteiger partial charge in [-0.3, -0.25) is 0 Å². The number of hydrogen-bond donors (Lipinski definition) is 1. The van der Waals surface area contributed by atoms with Gasteiger partial charge >= 0.3 is 0 Å². The molecule has 1 N–H and O–H groups in total. The molecule has 0 amide bonds. The predicted octanol–water partition coefficient (Wildman–Crippen LogP) is 0.313. The standard InChI is InChI=1S/C5H7BrN2O/c6-5-3-1-7-2-4(3)9-8-5/h3-4,7H,1-2H2/t3-,4-/m1/s1. The van der Waals surface area contributed by atoms with Crippen LogP contribution in [0.4, 0.5) is 0 Å². The van der Waals surface area contributed by atoms with Gasteiger partial charge in [0.1, 0.15) is 10.7 Å². The van der Waals surface area contributed by atoms with Gasteiger partial charge < -0.3 is 10.2 Å². The second-order valence-corrected chi connectivity index (χ2v) is 3.14. The number of halogens is 1. The maximum Gasteiger partial charge on any atom is 0.150 e. The highest BCUT2D eigenvalue weighted by atomic mass is 79.9. The molecule has 9 heavy (non-hydrogen) atoms. The minimum Gasteiger partial charge on any atom is -0.390 e. The molecule has 1 fully saturated rings. The van der Waals surface area contributed by atoms with Crippen molar-refractivity contribution in [2.45, 2.75) is 6.10 Å². The zero-order valence-corrected chi connectivity index (χ0v) is 6.39. The first-order valence-corrected chi connectivity index (χ1v) is 3.77. The Labute approximate surface area is 61.6 Å². The van der Waals surface area contributed by atoms with Crippen molar-refractivity contribution in [2.75, 3.05) is 13.1 Å². The fourth-order valence-electron chi connectivity index (χ4n) is 1.19. The quantitative estimate of drug-likeness (QED) is 0.597. The Morgan fingerprint density at radius 2 is 2.56 bits per heavy atom. The number of hydrogen-bond acceptors (Lipinski definition) is 3. The van der Waals surface area contributed by atoms with Gasteiger partial charge in [-0.15, -0.1) is 0 Å². The zero-order valence-electron chi connectivity index (χ0n) is 4.80. The Balaban J connectivity index is 2.16. The molecule has 3 nitrogen and oxygen atoms in total. The summed E-state index contributed by atoms with van der Waals surface area (Å²) < 4.78 is 0.956. The minimum atomic E-state index is 0.291. The van der Waals surface area contributed by atoms with E-state index in [4.69, 9.17) is 4.84 Å². The first-order chi connectivity index (χ1) is 4.38. The van der Waals surface area contributed by atoms with E-state index >= 15 is 0 Å². The van der Waals surface area contributed by atoms with Crippen LogP contribution >= 0.6 is 15.9 Å². The van der Waals surface area contributed by atoms with E-state index < -0.39 is 0 Å². The van der Waals surface area contributed by atoms with Crippen LogP contribution < -0.4 is 5.32 Å². The van der Waals surface area contributed by atoms with Crippen molar-refractivity contribution in [3.8, 4) is 0 Å². The molecule has 0 radical (unpaired) electrons. The van der Waals surface area contributed by atoms with Crippen molar-refractivity contribution in [3.05, 3.63) is 0 Å². The molecule has 0 unspecified atom stereocenters. The number of oxime groups is 1. The molecular formula is C5H7BrN2O. The van der Waals surface area contributed by atoms with E-state index in [-0.39, 0.29) is 0 Å². The molecule has 0 aromatic heterocycles. The van der Waals surface area contributed by atoms with Gasteiger partial charge in [-0.1, -0.05) is 5.16 Å². The molecule has 0 aromatic rings. The SMILES string of the molecule is BrC1=NO[C@@H]2CNC[C@@H]12. The highest BCUT2D eigenvalue weighted by molar-refractivity contribution is 9.18. The average Bonchev–Trinajstić information content (AvgIpc) is 2.35. The van der Waals surface area contributed by atoms with E-state index in [1.165, 1.54) is 0 Å². The average molecular weight is 191 g/mol. The topological polar surface area (TPSA) is 33.6 Å². The highest BCUT2D eigenvalue weighted by Gasteiger charge is 2.36. The fraction of sp³-hybridized carbons (Fsp3) is 0.800. The van der Waals surface area contributed by atoms with E-state index in [1.807, 2.05) is 0 Å². The van der Waals surface area contributed by atoms with Gasteiger partial charge in [0.05, 0.1) is 5.92 Å². The van der Waals surface area contributed by atoms with Gasteiger partial charge in [0.25, 0.3) is 0 Å². The summed E-state index contributed by atoms with van der Waals surface area (Å²) in [6, 6.07) is 0. The molecule has 0 saturated carbocycles. The minimum absolute atomic E-state index is 0.291. The molecule has 4 heteroatoms. The van der Waals surface area contributed by atoms with E-state index in [9.17, 15) is 0 Å². The second-order valence-electron chi connectivity index (χ2n) is 2.32. The lowest BCUT2D eigenvalue weighted by Crippen LogP contribution is -2.17. The predicted molar refractivity (Wildman–Crippen MR) is 37.6 cm³/mol. The number of rotatable bonds is 0.